The van der Waals surface area contributed by atoms with Gasteiger partial charge in [-0.1, -0.05) is 26.0 Å². The first-order chi connectivity index (χ1) is 10.7. The molecule has 0 bridgehead atoms. The van der Waals surface area contributed by atoms with Crippen molar-refractivity contribution in [1.29, 1.82) is 0 Å². The number of Topliss-reactive ketones (excluding diaryl/α,β-unsaturated/α-hetero) is 1. The highest BCUT2D eigenvalue weighted by molar-refractivity contribution is 8.00. The maximum atomic E-state index is 12.3. The highest BCUT2D eigenvalue weighted by atomic mass is 32.2. The van der Waals surface area contributed by atoms with Crippen molar-refractivity contribution in [3.8, 4) is 0 Å². The van der Waals surface area contributed by atoms with E-state index >= 15 is 0 Å². The van der Waals surface area contributed by atoms with Crippen molar-refractivity contribution in [1.82, 2.24) is 14.8 Å². The Kier molecular flexibility index (Phi) is 5.13. The third-order valence-electron chi connectivity index (χ3n) is 3.33. The molecule has 2 rings (SSSR count). The molecule has 0 fully saturated rings. The van der Waals surface area contributed by atoms with Crippen molar-refractivity contribution in [2.75, 3.05) is 0 Å². The summed E-state index contributed by atoms with van der Waals surface area (Å²) in [5, 5.41) is 3.90. The number of aromatic nitrogens is 3. The van der Waals surface area contributed by atoms with Crippen LogP contribution in [-0.2, 0) is 17.8 Å². The van der Waals surface area contributed by atoms with E-state index < -0.39 is 10.9 Å². The van der Waals surface area contributed by atoms with Crippen LogP contribution in [0.1, 0.15) is 19.4 Å². The van der Waals surface area contributed by atoms with Gasteiger partial charge in [-0.25, -0.2) is 9.67 Å². The molecule has 0 atom stereocenters. The van der Waals surface area contributed by atoms with E-state index in [4.69, 9.17) is 0 Å². The topological polar surface area (TPSA) is 47.8 Å². The summed E-state index contributed by atoms with van der Waals surface area (Å²) in [6.07, 6.45) is 3.27. The lowest BCUT2D eigenvalue weighted by molar-refractivity contribution is -0.127. The average molecular weight is 343 g/mol. The Morgan fingerprint density at radius 1 is 1.22 bits per heavy atom. The van der Waals surface area contributed by atoms with Crippen LogP contribution < -0.4 is 0 Å². The molecule has 1 heterocycles. The van der Waals surface area contributed by atoms with Gasteiger partial charge in [-0.15, -0.1) is 0 Å². The van der Waals surface area contributed by atoms with Crippen molar-refractivity contribution < 1.29 is 18.0 Å². The molecule has 23 heavy (non-hydrogen) atoms. The van der Waals surface area contributed by atoms with Crippen LogP contribution in [0, 0.1) is 5.41 Å². The molecule has 1 aromatic carbocycles. The molecule has 124 valence electrons. The first-order valence-electron chi connectivity index (χ1n) is 6.86. The summed E-state index contributed by atoms with van der Waals surface area (Å²) in [6.45, 7) is 3.74. The van der Waals surface area contributed by atoms with Crippen molar-refractivity contribution >= 4 is 17.5 Å². The first kappa shape index (κ1) is 17.5. The summed E-state index contributed by atoms with van der Waals surface area (Å²) in [6, 6.07) is 6.09. The molecule has 1 aromatic heterocycles. The number of rotatable bonds is 6. The Balaban J connectivity index is 2.00. The van der Waals surface area contributed by atoms with E-state index in [0.29, 0.717) is 6.42 Å². The molecular weight excluding hydrogens is 327 g/mol. The van der Waals surface area contributed by atoms with E-state index in [1.807, 2.05) is 13.8 Å². The van der Waals surface area contributed by atoms with Gasteiger partial charge in [0, 0.05) is 10.3 Å². The van der Waals surface area contributed by atoms with E-state index in [9.17, 15) is 18.0 Å². The van der Waals surface area contributed by atoms with Crippen LogP contribution in [-0.4, -0.2) is 26.1 Å². The van der Waals surface area contributed by atoms with E-state index in [-0.39, 0.29) is 29.0 Å². The zero-order valence-corrected chi connectivity index (χ0v) is 13.5. The third kappa shape index (κ3) is 5.38. The average Bonchev–Trinajstić information content (AvgIpc) is 2.92. The number of carbonyl (C=O) groups excluding carboxylic acids is 1. The number of hydrogen-bond acceptors (Lipinski definition) is 4. The molecule has 0 N–H and O–H groups in total. The van der Waals surface area contributed by atoms with Crippen molar-refractivity contribution in [3.63, 3.8) is 0 Å². The van der Waals surface area contributed by atoms with Crippen LogP contribution in [0.3, 0.4) is 0 Å². The summed E-state index contributed by atoms with van der Waals surface area (Å²) in [5.41, 5.74) is -4.13. The monoisotopic (exact) mass is 343 g/mol. The molecule has 0 unspecified atom stereocenters. The second-order valence-electron chi connectivity index (χ2n) is 5.77. The third-order valence-corrected chi connectivity index (χ3v) is 4.07. The minimum absolute atomic E-state index is 0.0169. The van der Waals surface area contributed by atoms with Gasteiger partial charge >= 0.3 is 5.51 Å². The Morgan fingerprint density at radius 3 is 2.39 bits per heavy atom. The van der Waals surface area contributed by atoms with Crippen molar-refractivity contribution in [2.24, 2.45) is 5.41 Å². The molecule has 0 amide bonds. The largest absolute Gasteiger partial charge is 0.446 e. The Hall–Kier alpha value is -1.83. The van der Waals surface area contributed by atoms with Gasteiger partial charge in [-0.3, -0.25) is 4.79 Å². The molecule has 4 nitrogen and oxygen atoms in total. The SMILES string of the molecule is CC(C)(Cc1ccc(SC(F)(F)F)cc1)C(=O)Cn1cncn1. The van der Waals surface area contributed by atoms with Gasteiger partial charge in [0.1, 0.15) is 19.2 Å². The van der Waals surface area contributed by atoms with Crippen LogP contribution in [0.4, 0.5) is 13.2 Å². The molecule has 0 spiro atoms. The maximum absolute atomic E-state index is 12.3. The second kappa shape index (κ2) is 6.74. The molecule has 8 heteroatoms. The fourth-order valence-corrected chi connectivity index (χ4v) is 2.63. The summed E-state index contributed by atoms with van der Waals surface area (Å²) >= 11 is -0.149. The van der Waals surface area contributed by atoms with Crippen LogP contribution in [0.15, 0.2) is 41.8 Å². The number of alkyl halides is 3. The van der Waals surface area contributed by atoms with Gasteiger partial charge in [0.15, 0.2) is 5.78 Å². The highest BCUT2D eigenvalue weighted by Crippen LogP contribution is 2.37. The molecule has 0 saturated heterocycles. The molecule has 0 radical (unpaired) electrons. The predicted molar refractivity (Wildman–Crippen MR) is 80.9 cm³/mol. The molecular formula is C15H16F3N3OS. The van der Waals surface area contributed by atoms with Gasteiger partial charge in [0.05, 0.1) is 0 Å². The quantitative estimate of drug-likeness (QED) is 0.750. The van der Waals surface area contributed by atoms with Gasteiger partial charge in [0.25, 0.3) is 0 Å². The van der Waals surface area contributed by atoms with Gasteiger partial charge in [-0.2, -0.15) is 18.3 Å². The maximum Gasteiger partial charge on any atom is 0.446 e. The minimum atomic E-state index is -4.30. The minimum Gasteiger partial charge on any atom is -0.297 e. The summed E-state index contributed by atoms with van der Waals surface area (Å²) < 4.78 is 38.4. The molecule has 0 aliphatic carbocycles. The molecule has 0 aliphatic heterocycles. The molecule has 2 aromatic rings. The number of ketones is 1. The van der Waals surface area contributed by atoms with Gasteiger partial charge in [-0.05, 0) is 35.9 Å². The summed E-state index contributed by atoms with van der Waals surface area (Å²) in [4.78, 5) is 16.3. The van der Waals surface area contributed by atoms with Crippen LogP contribution in [0.5, 0.6) is 0 Å². The fourth-order valence-electron chi connectivity index (χ4n) is 2.09. The number of hydrogen-bond donors (Lipinski definition) is 0. The van der Waals surface area contributed by atoms with Crippen LogP contribution in [0.2, 0.25) is 0 Å². The fraction of sp³-hybridized carbons (Fsp3) is 0.400. The van der Waals surface area contributed by atoms with Gasteiger partial charge in [0.2, 0.25) is 0 Å². The highest BCUT2D eigenvalue weighted by Gasteiger charge is 2.30. The first-order valence-corrected chi connectivity index (χ1v) is 7.68. The Labute approximate surface area is 136 Å². The Morgan fingerprint density at radius 2 is 1.87 bits per heavy atom. The van der Waals surface area contributed by atoms with E-state index in [2.05, 4.69) is 10.1 Å². The lowest BCUT2D eigenvalue weighted by atomic mass is 9.81. The second-order valence-corrected chi connectivity index (χ2v) is 6.91. The van der Waals surface area contributed by atoms with Gasteiger partial charge < -0.3 is 0 Å². The smallest absolute Gasteiger partial charge is 0.297 e. The number of thioether (sulfide) groups is 1. The zero-order chi connectivity index (χ0) is 17.1. The lowest BCUT2D eigenvalue weighted by Gasteiger charge is -2.23. The number of benzene rings is 1. The number of carbonyl (C=O) groups is 1. The zero-order valence-electron chi connectivity index (χ0n) is 12.7. The number of nitrogens with zero attached hydrogens (tertiary/aromatic N) is 3. The van der Waals surface area contributed by atoms with Crippen molar-refractivity contribution in [2.45, 2.75) is 37.2 Å². The number of halogens is 3. The standard InChI is InChI=1S/C15H16F3N3OS/c1-14(2,13(22)8-21-10-19-9-20-21)7-11-3-5-12(6-4-11)23-15(16,17)18/h3-6,9-10H,7-8H2,1-2H3. The Bertz CT molecular complexity index is 652. The van der Waals surface area contributed by atoms with E-state index in [1.54, 1.807) is 12.1 Å². The molecule has 0 saturated carbocycles. The van der Waals surface area contributed by atoms with Crippen LogP contribution >= 0.6 is 11.8 Å². The molecule has 0 aliphatic rings. The van der Waals surface area contributed by atoms with Crippen molar-refractivity contribution in [3.05, 3.63) is 42.5 Å². The van der Waals surface area contributed by atoms with E-state index in [0.717, 1.165) is 5.56 Å². The van der Waals surface area contributed by atoms with E-state index in [1.165, 1.54) is 29.5 Å². The van der Waals surface area contributed by atoms with Crippen LogP contribution in [0.25, 0.3) is 0 Å². The summed E-state index contributed by atoms with van der Waals surface area (Å²) in [5.74, 6) is -0.0169. The lowest BCUT2D eigenvalue weighted by Crippen LogP contribution is -2.30. The predicted octanol–water partition coefficient (Wildman–Crippen LogP) is 3.73. The summed E-state index contributed by atoms with van der Waals surface area (Å²) in [7, 11) is 0. The normalized spacial score (nSPS) is 12.4.